The van der Waals surface area contributed by atoms with Crippen molar-refractivity contribution in [1.82, 2.24) is 10.9 Å². The Morgan fingerprint density at radius 2 is 1.74 bits per heavy atom. The lowest BCUT2D eigenvalue weighted by atomic mass is 9.38. The van der Waals surface area contributed by atoms with Crippen molar-refractivity contribution < 1.29 is 64.3 Å². The Morgan fingerprint density at radius 1 is 0.919 bits per heavy atom. The second-order valence-electron chi connectivity index (χ2n) is 26.5. The van der Waals surface area contributed by atoms with E-state index in [1.165, 1.54) is 115 Å². The maximum absolute atomic E-state index is 12.9. The number of hydrogen-bond donors (Lipinski definition) is 9. The number of carboxylic acid groups (broad SMARTS) is 1. The number of allylic oxidation sites excluding steroid dienone is 1. The van der Waals surface area contributed by atoms with E-state index in [0.29, 0.717) is 36.9 Å². The Bertz CT molecular complexity index is 2810. The number of aliphatic hydroxyl groups excluding tert-OH is 4. The predicted octanol–water partition coefficient (Wildman–Crippen LogP) is 7.04. The van der Waals surface area contributed by atoms with Gasteiger partial charge < -0.3 is 54.7 Å². The summed E-state index contributed by atoms with van der Waals surface area (Å²) in [6.45, 7) is 3.45. The van der Waals surface area contributed by atoms with Crippen LogP contribution in [0.25, 0.3) is 10.8 Å². The molecule has 0 radical (unpaired) electrons. The summed E-state index contributed by atoms with van der Waals surface area (Å²) in [6.07, 6.45) is 17.7. The van der Waals surface area contributed by atoms with Gasteiger partial charge in [0.25, 0.3) is 0 Å². The average Bonchev–Trinajstić information content (AvgIpc) is 4.19. The van der Waals surface area contributed by atoms with Crippen molar-refractivity contribution in [2.75, 3.05) is 33.0 Å². The molecule has 9 N–H and O–H groups in total. The number of phenols is 2. The molecule has 400 valence electrons. The summed E-state index contributed by atoms with van der Waals surface area (Å²) in [5, 5.41) is 80.2. The summed E-state index contributed by atoms with van der Waals surface area (Å²) >= 11 is 0. The molecule has 2 aromatic carbocycles. The predicted molar refractivity (Wildman–Crippen MR) is 269 cm³/mol. The molecule has 4 bridgehead atoms. The number of nitrogens with one attached hydrogen (secondary N) is 2. The molecule has 0 amide bonds. The summed E-state index contributed by atoms with van der Waals surface area (Å²) in [5.74, 6) is -1.47. The third-order valence-electron chi connectivity index (χ3n) is 23.9. The fraction of sp³-hybridized carbons (Fsp3) is 0.729. The number of hydrogen-bond acceptors (Lipinski definition) is 14. The lowest BCUT2D eigenvalue weighted by Crippen LogP contribution is -2.81. The summed E-state index contributed by atoms with van der Waals surface area (Å²) in [7, 11) is 0. The van der Waals surface area contributed by atoms with E-state index in [4.69, 9.17) is 18.9 Å². The number of carboxylic acids is 1. The smallest absolute Gasteiger partial charge is 0.335 e. The molecule has 0 aromatic heterocycles. The molecule has 4 heterocycles. The minimum Gasteiger partial charge on any atom is -0.507 e. The number of carbonyl (C=O) groups excluding carboxylic acids is 1. The van der Waals surface area contributed by atoms with Gasteiger partial charge >= 0.3 is 5.97 Å². The fourth-order valence-electron chi connectivity index (χ4n) is 21.5. The molecular weight excluding hydrogens is 945 g/mol. The minimum absolute atomic E-state index is 0.0297. The SMILES string of the molecule is CC(=O)c1c(C)c(O)c2cc(C(=O)O)cc(OC3OC(CO)C4(CC5C6=C(CC=C6C6(CCCO)COCC7CC89CC5(NNC8CC5(CCC8CCCC%10CCCC%10%11CCC85C%11)C9)C76)CO4)C(O)C3O)c2c1O. The highest BCUT2D eigenvalue weighted by atomic mass is 16.7. The van der Waals surface area contributed by atoms with Crippen LogP contribution in [0.1, 0.15) is 155 Å². The second-order valence-corrected chi connectivity index (χ2v) is 26.5. The highest BCUT2D eigenvalue weighted by Crippen LogP contribution is 2.81. The molecule has 2 aromatic rings. The van der Waals surface area contributed by atoms with E-state index in [-0.39, 0.29) is 92.9 Å². The Hall–Kier alpha value is -3.64. The molecule has 6 spiro atoms. The number of carbonyl (C=O) groups is 2. The van der Waals surface area contributed by atoms with Gasteiger partial charge in [0, 0.05) is 47.1 Å². The molecular formula is C59H76N2O13. The first kappa shape index (κ1) is 48.7. The zero-order chi connectivity index (χ0) is 51.1. The second kappa shape index (κ2) is 16.5. The third-order valence-corrected chi connectivity index (χ3v) is 23.9. The maximum atomic E-state index is 12.9. The van der Waals surface area contributed by atoms with Crippen LogP contribution >= 0.6 is 0 Å². The van der Waals surface area contributed by atoms with E-state index in [0.717, 1.165) is 42.7 Å². The van der Waals surface area contributed by atoms with Crippen LogP contribution in [0.5, 0.6) is 17.2 Å². The topological polar surface area (TPSA) is 237 Å². The number of hydrazine groups is 1. The van der Waals surface area contributed by atoms with E-state index in [2.05, 4.69) is 16.9 Å². The Morgan fingerprint density at radius 3 is 2.54 bits per heavy atom. The number of fused-ring (bicyclic) bond motifs is 2. The number of benzene rings is 2. The number of ether oxygens (including phenoxy) is 4. The van der Waals surface area contributed by atoms with Crippen LogP contribution in [-0.4, -0.2) is 122 Å². The number of aromatic carboxylic acids is 1. The van der Waals surface area contributed by atoms with E-state index in [1.807, 2.05) is 0 Å². The van der Waals surface area contributed by atoms with Crippen molar-refractivity contribution in [3.05, 3.63) is 51.6 Å². The summed E-state index contributed by atoms with van der Waals surface area (Å²) in [5.41, 5.74) is 10.0. The van der Waals surface area contributed by atoms with E-state index < -0.39 is 65.6 Å². The number of phenolic OH excluding ortho intramolecular Hbond substituents is 2. The molecule has 3 saturated heterocycles. The highest BCUT2D eigenvalue weighted by Gasteiger charge is 2.78. The van der Waals surface area contributed by atoms with Crippen LogP contribution in [0.2, 0.25) is 0 Å². The Balaban J connectivity index is 0.856. The first-order chi connectivity index (χ1) is 35.5. The van der Waals surface area contributed by atoms with Crippen molar-refractivity contribution in [3.8, 4) is 17.2 Å². The van der Waals surface area contributed by atoms with Gasteiger partial charge in [-0.1, -0.05) is 18.9 Å². The van der Waals surface area contributed by atoms with Gasteiger partial charge in [-0.3, -0.25) is 15.6 Å². The molecule has 12 aliphatic rings. The first-order valence-electron chi connectivity index (χ1n) is 28.4. The number of ketones is 1. The van der Waals surface area contributed by atoms with Crippen LogP contribution in [0.4, 0.5) is 0 Å². The van der Waals surface area contributed by atoms with Gasteiger partial charge in [-0.15, -0.1) is 0 Å². The van der Waals surface area contributed by atoms with Crippen molar-refractivity contribution in [2.45, 2.75) is 178 Å². The van der Waals surface area contributed by atoms with Gasteiger partial charge in [-0.05, 0) is 197 Å². The van der Waals surface area contributed by atoms with Crippen LogP contribution in [0.15, 0.2) is 34.9 Å². The maximum Gasteiger partial charge on any atom is 0.335 e. The Labute approximate surface area is 432 Å². The summed E-state index contributed by atoms with van der Waals surface area (Å²) < 4.78 is 26.9. The van der Waals surface area contributed by atoms with Crippen molar-refractivity contribution >= 4 is 22.5 Å². The van der Waals surface area contributed by atoms with Gasteiger partial charge in [0.15, 0.2) is 5.78 Å². The van der Waals surface area contributed by atoms with E-state index in [9.17, 15) is 45.3 Å². The molecule has 15 nitrogen and oxygen atoms in total. The van der Waals surface area contributed by atoms with Gasteiger partial charge in [-0.25, -0.2) is 4.79 Å². The standard InChI is InChI=1S/C59H76N2O13/c1-30-43(31(2)64)47(66)45-37(46(30)65)18-33(51(69)70)19-40(45)73-52-48(67)50(68)59(42(23-63)74-52)21-39-44-32(25-72-59)9-10-38(44)56(13-5-17-62)29-71-24-34-20-54-26-55(22-41(54)60-61-58(39,28-54)49(34)56)14-11-36-7-3-6-35-8-4-12-53(35)15-16-57(36,55)27-53/h10,18-19,34-36,39,41-42,48-50,52,60-63,65-68H,3-9,11-17,20-29H2,1-2H3,(H,69,70). The molecule has 4 aliphatic heterocycles. The Kier molecular flexibility index (Phi) is 10.8. The molecule has 17 unspecified atom stereocenters. The van der Waals surface area contributed by atoms with Gasteiger partial charge in [-0.2, -0.15) is 0 Å². The quantitative estimate of drug-likeness (QED) is 0.0953. The molecule has 15 heteroatoms. The molecule has 8 aliphatic carbocycles. The van der Waals surface area contributed by atoms with Crippen LogP contribution in [0.3, 0.4) is 0 Å². The van der Waals surface area contributed by atoms with Crippen molar-refractivity contribution in [3.63, 3.8) is 0 Å². The zero-order valence-corrected chi connectivity index (χ0v) is 43.1. The molecule has 14 rings (SSSR count). The number of Topliss-reactive ketones (excluding diaryl/α,β-unsaturated/α-hetero) is 1. The van der Waals surface area contributed by atoms with E-state index >= 15 is 0 Å². The summed E-state index contributed by atoms with van der Waals surface area (Å²) in [6, 6.07) is 2.56. The third kappa shape index (κ3) is 6.11. The lowest BCUT2D eigenvalue weighted by Gasteiger charge is -2.72. The van der Waals surface area contributed by atoms with Crippen molar-refractivity contribution in [2.24, 2.45) is 56.7 Å². The van der Waals surface area contributed by atoms with E-state index in [1.54, 1.807) is 0 Å². The van der Waals surface area contributed by atoms with Gasteiger partial charge in [0.05, 0.1) is 36.3 Å². The molecule has 7 saturated carbocycles. The molecule has 17 atom stereocenters. The van der Waals surface area contributed by atoms with Crippen LogP contribution in [-0.2, 0) is 14.2 Å². The fourth-order valence-corrected chi connectivity index (χ4v) is 21.5. The van der Waals surface area contributed by atoms with Gasteiger partial charge in [0.2, 0.25) is 6.29 Å². The lowest BCUT2D eigenvalue weighted by molar-refractivity contribution is -0.327. The number of rotatable bonds is 8. The average molecular weight is 1020 g/mol. The number of aliphatic hydroxyl groups is 4. The summed E-state index contributed by atoms with van der Waals surface area (Å²) in [4.78, 5) is 25.3. The number of aromatic hydroxyl groups is 2. The monoisotopic (exact) mass is 1020 g/mol. The van der Waals surface area contributed by atoms with Crippen LogP contribution < -0.4 is 15.6 Å². The van der Waals surface area contributed by atoms with Crippen LogP contribution in [0, 0.1) is 63.6 Å². The zero-order valence-electron chi connectivity index (χ0n) is 43.1. The minimum atomic E-state index is -1.82. The molecule has 74 heavy (non-hydrogen) atoms. The highest BCUT2D eigenvalue weighted by molar-refractivity contribution is 6.11. The molecule has 10 fully saturated rings. The van der Waals surface area contributed by atoms with Crippen molar-refractivity contribution in [1.29, 1.82) is 0 Å². The van der Waals surface area contributed by atoms with Gasteiger partial charge in [0.1, 0.15) is 41.2 Å². The largest absolute Gasteiger partial charge is 0.507 e. The first-order valence-corrected chi connectivity index (χ1v) is 28.4. The normalized spacial score (nSPS) is 46.3.